The minimum atomic E-state index is -0.543. The molecule has 0 aromatic heterocycles. The lowest BCUT2D eigenvalue weighted by atomic mass is 10.1. The van der Waals surface area contributed by atoms with E-state index in [1.165, 1.54) is 12.1 Å². The van der Waals surface area contributed by atoms with Crippen LogP contribution in [0.2, 0.25) is 0 Å². The highest BCUT2D eigenvalue weighted by atomic mass is 19.1. The molecule has 0 spiro atoms. The van der Waals surface area contributed by atoms with Crippen molar-refractivity contribution in [3.05, 3.63) is 65.5 Å². The van der Waals surface area contributed by atoms with E-state index < -0.39 is 11.9 Å². The molecule has 2 N–H and O–H groups in total. The molecule has 2 aromatic rings. The van der Waals surface area contributed by atoms with Crippen LogP contribution in [0.3, 0.4) is 0 Å². The fourth-order valence-electron chi connectivity index (χ4n) is 1.81. The van der Waals surface area contributed by atoms with Gasteiger partial charge in [0.2, 0.25) is 0 Å². The first-order chi connectivity index (χ1) is 10.1. The Morgan fingerprint density at radius 1 is 1.19 bits per heavy atom. The van der Waals surface area contributed by atoms with Crippen LogP contribution in [-0.2, 0) is 17.8 Å². The Bertz CT molecular complexity index is 602. The first kappa shape index (κ1) is 14.8. The Hall–Kier alpha value is -2.56. The molecule has 0 saturated carbocycles. The van der Waals surface area contributed by atoms with E-state index in [2.05, 4.69) is 5.32 Å². The van der Waals surface area contributed by atoms with Crippen LogP contribution in [0.5, 0.6) is 5.75 Å². The summed E-state index contributed by atoms with van der Waals surface area (Å²) in [5.41, 5.74) is 1.33. The second-order valence-corrected chi connectivity index (χ2v) is 4.51. The van der Waals surface area contributed by atoms with E-state index in [-0.39, 0.29) is 18.9 Å². The van der Waals surface area contributed by atoms with E-state index >= 15 is 0 Å². The van der Waals surface area contributed by atoms with Gasteiger partial charge >= 0.3 is 6.09 Å². The predicted molar refractivity (Wildman–Crippen MR) is 76.4 cm³/mol. The highest BCUT2D eigenvalue weighted by Gasteiger charge is 2.05. The average molecular weight is 289 g/mol. The highest BCUT2D eigenvalue weighted by molar-refractivity contribution is 5.67. The molecule has 0 aliphatic heterocycles. The summed E-state index contributed by atoms with van der Waals surface area (Å²) < 4.78 is 18.5. The fraction of sp³-hybridized carbons (Fsp3) is 0.188. The Labute approximate surface area is 122 Å². The van der Waals surface area contributed by atoms with Crippen LogP contribution < -0.4 is 5.32 Å². The summed E-state index contributed by atoms with van der Waals surface area (Å²) in [7, 11) is 0. The smallest absolute Gasteiger partial charge is 0.407 e. The molecular weight excluding hydrogens is 273 g/mol. The number of hydrogen-bond acceptors (Lipinski definition) is 3. The lowest BCUT2D eigenvalue weighted by molar-refractivity contribution is 0.140. The second kappa shape index (κ2) is 7.28. The van der Waals surface area contributed by atoms with Crippen LogP contribution in [0.4, 0.5) is 9.18 Å². The summed E-state index contributed by atoms with van der Waals surface area (Å²) in [5.74, 6) is -0.610. The molecule has 0 radical (unpaired) electrons. The van der Waals surface area contributed by atoms with Gasteiger partial charge in [0, 0.05) is 12.6 Å². The maximum absolute atomic E-state index is 13.4. The lowest BCUT2D eigenvalue weighted by Gasteiger charge is -2.08. The third-order valence-corrected chi connectivity index (χ3v) is 2.91. The van der Waals surface area contributed by atoms with Crippen molar-refractivity contribution in [2.24, 2.45) is 0 Å². The minimum absolute atomic E-state index is 0.119. The molecule has 0 aliphatic carbocycles. The van der Waals surface area contributed by atoms with E-state index in [1.807, 2.05) is 30.3 Å². The van der Waals surface area contributed by atoms with E-state index in [1.54, 1.807) is 0 Å². The molecular formula is C16H16FNO3. The first-order valence-electron chi connectivity index (χ1n) is 6.57. The first-order valence-corrected chi connectivity index (χ1v) is 6.57. The van der Waals surface area contributed by atoms with Gasteiger partial charge in [0.05, 0.1) is 0 Å². The maximum Gasteiger partial charge on any atom is 0.407 e. The monoisotopic (exact) mass is 289 g/mol. The minimum Gasteiger partial charge on any atom is -0.508 e. The zero-order valence-electron chi connectivity index (χ0n) is 11.4. The zero-order valence-corrected chi connectivity index (χ0v) is 11.4. The number of rotatable bonds is 5. The highest BCUT2D eigenvalue weighted by Crippen LogP contribution is 2.15. The molecule has 21 heavy (non-hydrogen) atoms. The number of nitrogens with one attached hydrogen (secondary N) is 1. The van der Waals surface area contributed by atoms with Crippen molar-refractivity contribution in [1.82, 2.24) is 5.32 Å². The largest absolute Gasteiger partial charge is 0.508 e. The molecule has 0 heterocycles. The summed E-state index contributed by atoms with van der Waals surface area (Å²) in [6.45, 7) is 0.454. The van der Waals surface area contributed by atoms with Gasteiger partial charge in [-0.15, -0.1) is 0 Å². The number of aromatic hydroxyl groups is 1. The van der Waals surface area contributed by atoms with Crippen LogP contribution in [0.1, 0.15) is 11.1 Å². The summed E-state index contributed by atoms with van der Waals surface area (Å²) >= 11 is 0. The Kier molecular flexibility index (Phi) is 5.15. The number of amides is 1. The predicted octanol–water partition coefficient (Wildman–Crippen LogP) is 3.00. The lowest BCUT2D eigenvalue weighted by Crippen LogP contribution is -2.26. The van der Waals surface area contributed by atoms with Gasteiger partial charge in [-0.2, -0.15) is 0 Å². The van der Waals surface area contributed by atoms with Crippen LogP contribution in [0.25, 0.3) is 0 Å². The van der Waals surface area contributed by atoms with Crippen molar-refractivity contribution >= 4 is 6.09 Å². The number of hydrogen-bond donors (Lipinski definition) is 2. The molecule has 4 nitrogen and oxygen atoms in total. The number of carbonyl (C=O) groups excluding carboxylic acids is 1. The molecule has 2 aromatic carbocycles. The number of benzene rings is 2. The van der Waals surface area contributed by atoms with Gasteiger partial charge in [-0.25, -0.2) is 9.18 Å². The number of carbonyl (C=O) groups is 1. The van der Waals surface area contributed by atoms with Gasteiger partial charge < -0.3 is 15.2 Å². The van der Waals surface area contributed by atoms with Crippen molar-refractivity contribution in [2.75, 3.05) is 6.54 Å². The average Bonchev–Trinajstić information content (AvgIpc) is 2.48. The maximum atomic E-state index is 13.4. The number of alkyl carbamates (subject to hydrolysis) is 1. The van der Waals surface area contributed by atoms with Crippen LogP contribution in [0, 0.1) is 5.82 Å². The van der Waals surface area contributed by atoms with Gasteiger partial charge in [-0.3, -0.25) is 0 Å². The van der Waals surface area contributed by atoms with Gasteiger partial charge in [-0.05, 0) is 23.6 Å². The number of phenols is 1. The van der Waals surface area contributed by atoms with Crippen LogP contribution in [-0.4, -0.2) is 17.7 Å². The fourth-order valence-corrected chi connectivity index (χ4v) is 1.81. The van der Waals surface area contributed by atoms with E-state index in [9.17, 15) is 9.18 Å². The van der Waals surface area contributed by atoms with Gasteiger partial charge in [0.25, 0.3) is 0 Å². The van der Waals surface area contributed by atoms with Crippen molar-refractivity contribution in [3.8, 4) is 5.75 Å². The number of ether oxygens (including phenoxy) is 1. The van der Waals surface area contributed by atoms with Crippen LogP contribution in [0.15, 0.2) is 48.5 Å². The van der Waals surface area contributed by atoms with Gasteiger partial charge in [0.1, 0.15) is 18.2 Å². The molecule has 0 fully saturated rings. The normalized spacial score (nSPS) is 10.1. The summed E-state index contributed by atoms with van der Waals surface area (Å²) in [5, 5.41) is 11.7. The second-order valence-electron chi connectivity index (χ2n) is 4.51. The Balaban J connectivity index is 1.72. The van der Waals surface area contributed by atoms with E-state index in [4.69, 9.17) is 9.84 Å². The summed E-state index contributed by atoms with van der Waals surface area (Å²) in [4.78, 5) is 11.5. The van der Waals surface area contributed by atoms with Crippen LogP contribution >= 0.6 is 0 Å². The van der Waals surface area contributed by atoms with Crippen molar-refractivity contribution in [2.45, 2.75) is 13.0 Å². The molecule has 0 bridgehead atoms. The number of halogens is 1. The van der Waals surface area contributed by atoms with Gasteiger partial charge in [0.15, 0.2) is 0 Å². The molecule has 1 amide bonds. The van der Waals surface area contributed by atoms with E-state index in [0.29, 0.717) is 12.0 Å². The standard InChI is InChI=1S/C16H16FNO3/c17-15-10-14(19)7-6-13(15)8-9-18-16(20)21-11-12-4-2-1-3-5-12/h1-7,10,19H,8-9,11H2,(H,18,20). The van der Waals surface area contributed by atoms with Crippen molar-refractivity contribution < 1.29 is 19.0 Å². The molecule has 2 rings (SSSR count). The Morgan fingerprint density at radius 2 is 1.95 bits per heavy atom. The molecule has 110 valence electrons. The molecule has 5 heteroatoms. The third-order valence-electron chi connectivity index (χ3n) is 2.91. The zero-order chi connectivity index (χ0) is 15.1. The molecule has 0 unspecified atom stereocenters. The van der Waals surface area contributed by atoms with E-state index in [0.717, 1.165) is 11.6 Å². The third kappa shape index (κ3) is 4.80. The quantitative estimate of drug-likeness (QED) is 0.889. The SMILES string of the molecule is O=C(NCCc1ccc(O)cc1F)OCc1ccccc1. The summed E-state index contributed by atoms with van der Waals surface area (Å²) in [6, 6.07) is 13.3. The summed E-state index contributed by atoms with van der Waals surface area (Å²) in [6.07, 6.45) is -0.218. The Morgan fingerprint density at radius 3 is 2.67 bits per heavy atom. The van der Waals surface area contributed by atoms with Crippen molar-refractivity contribution in [3.63, 3.8) is 0 Å². The van der Waals surface area contributed by atoms with Gasteiger partial charge in [-0.1, -0.05) is 36.4 Å². The molecule has 0 aliphatic rings. The molecule has 0 atom stereocenters. The molecule has 0 saturated heterocycles. The van der Waals surface area contributed by atoms with Crippen molar-refractivity contribution in [1.29, 1.82) is 0 Å². The number of phenolic OH excluding ortho intramolecular Hbond substituents is 1. The topological polar surface area (TPSA) is 58.6 Å².